The van der Waals surface area contributed by atoms with Gasteiger partial charge in [0.25, 0.3) is 5.56 Å². The monoisotopic (exact) mass is 449 g/mol. The Labute approximate surface area is 194 Å². The summed E-state index contributed by atoms with van der Waals surface area (Å²) in [7, 11) is 0. The highest BCUT2D eigenvalue weighted by Gasteiger charge is 2.22. The molecule has 1 aliphatic rings. The maximum atomic E-state index is 12.9. The van der Waals surface area contributed by atoms with Gasteiger partial charge in [0.15, 0.2) is 5.11 Å². The molecule has 2 N–H and O–H groups in total. The topological polar surface area (TPSA) is 57.4 Å². The molecule has 2 heterocycles. The van der Waals surface area contributed by atoms with Crippen LogP contribution in [0.1, 0.15) is 40.7 Å². The van der Waals surface area contributed by atoms with Crippen molar-refractivity contribution < 1.29 is 4.74 Å². The molecule has 5 nitrogen and oxygen atoms in total. The quantitative estimate of drug-likeness (QED) is 0.528. The van der Waals surface area contributed by atoms with Crippen LogP contribution in [0.3, 0.4) is 0 Å². The van der Waals surface area contributed by atoms with Crippen LogP contribution in [0.15, 0.2) is 41.2 Å². The maximum Gasteiger partial charge on any atom is 0.253 e. The molecule has 3 aromatic rings. The van der Waals surface area contributed by atoms with Crippen molar-refractivity contribution in [2.75, 3.05) is 18.5 Å². The van der Waals surface area contributed by atoms with Gasteiger partial charge in [-0.2, -0.15) is 0 Å². The average molecular weight is 450 g/mol. The molecule has 32 heavy (non-hydrogen) atoms. The van der Waals surface area contributed by atoms with Crippen molar-refractivity contribution in [2.45, 2.75) is 53.2 Å². The van der Waals surface area contributed by atoms with Crippen molar-refractivity contribution in [3.05, 3.63) is 74.6 Å². The van der Waals surface area contributed by atoms with Gasteiger partial charge in [0.2, 0.25) is 0 Å². The SMILES string of the molecule is Cc1ccc(NC(=S)N(Cc2cc3cc(C)cc(C)c3[nH]c2=O)C[C@H]2CCCO2)c(C)c1. The molecular formula is C26H31N3O2S. The molecule has 1 aromatic heterocycles. The molecule has 4 rings (SSSR count). The van der Waals surface area contributed by atoms with E-state index in [2.05, 4.69) is 66.3 Å². The lowest BCUT2D eigenvalue weighted by molar-refractivity contribution is 0.0904. The van der Waals surface area contributed by atoms with Crippen molar-refractivity contribution >= 4 is 33.9 Å². The van der Waals surface area contributed by atoms with E-state index in [1.54, 1.807) is 0 Å². The number of aromatic nitrogens is 1. The zero-order chi connectivity index (χ0) is 22.8. The Hall–Kier alpha value is -2.70. The number of fused-ring (bicyclic) bond motifs is 1. The summed E-state index contributed by atoms with van der Waals surface area (Å²) in [5.74, 6) is 0. The first-order valence-electron chi connectivity index (χ1n) is 11.2. The molecular weight excluding hydrogens is 418 g/mol. The number of aromatic amines is 1. The first-order valence-corrected chi connectivity index (χ1v) is 11.6. The van der Waals surface area contributed by atoms with Gasteiger partial charge in [-0.1, -0.05) is 29.3 Å². The number of ether oxygens (including phenoxy) is 1. The zero-order valence-corrected chi connectivity index (χ0v) is 20.1. The van der Waals surface area contributed by atoms with E-state index in [-0.39, 0.29) is 11.7 Å². The lowest BCUT2D eigenvalue weighted by Crippen LogP contribution is -2.40. The Morgan fingerprint density at radius 3 is 2.62 bits per heavy atom. The molecule has 0 bridgehead atoms. The van der Waals surface area contributed by atoms with Crippen molar-refractivity contribution in [1.82, 2.24) is 9.88 Å². The summed E-state index contributed by atoms with van der Waals surface area (Å²) in [6.45, 7) is 10.1. The fourth-order valence-electron chi connectivity index (χ4n) is 4.46. The summed E-state index contributed by atoms with van der Waals surface area (Å²) in [5, 5.41) is 5.04. The number of rotatable bonds is 5. The Kier molecular flexibility index (Phi) is 6.63. The Balaban J connectivity index is 1.63. The number of aryl methyl sites for hydroxylation is 4. The number of H-pyrrole nitrogens is 1. The molecule has 6 heteroatoms. The summed E-state index contributed by atoms with van der Waals surface area (Å²) < 4.78 is 5.88. The van der Waals surface area contributed by atoms with Crippen molar-refractivity contribution in [1.29, 1.82) is 0 Å². The highest BCUT2D eigenvalue weighted by atomic mass is 32.1. The van der Waals surface area contributed by atoms with Crippen LogP contribution in [-0.4, -0.2) is 34.3 Å². The van der Waals surface area contributed by atoms with Gasteiger partial charge in [0.1, 0.15) is 0 Å². The molecule has 2 aromatic carbocycles. The predicted octanol–water partition coefficient (Wildman–Crippen LogP) is 5.14. The second-order valence-electron chi connectivity index (χ2n) is 8.93. The Morgan fingerprint density at radius 1 is 1.12 bits per heavy atom. The zero-order valence-electron chi connectivity index (χ0n) is 19.2. The van der Waals surface area contributed by atoms with Gasteiger partial charge in [-0.3, -0.25) is 4.79 Å². The normalized spacial score (nSPS) is 15.8. The van der Waals surface area contributed by atoms with Gasteiger partial charge in [0.05, 0.1) is 18.2 Å². The third-order valence-corrected chi connectivity index (χ3v) is 6.45. The van der Waals surface area contributed by atoms with E-state index >= 15 is 0 Å². The number of benzene rings is 2. The first-order chi connectivity index (χ1) is 15.3. The number of nitrogens with one attached hydrogen (secondary N) is 2. The number of hydrogen-bond acceptors (Lipinski definition) is 3. The van der Waals surface area contributed by atoms with Crippen LogP contribution in [0.5, 0.6) is 0 Å². The highest BCUT2D eigenvalue weighted by molar-refractivity contribution is 7.80. The van der Waals surface area contributed by atoms with Crippen molar-refractivity contribution in [3.63, 3.8) is 0 Å². The van der Waals surface area contributed by atoms with Gasteiger partial charge < -0.3 is 19.9 Å². The second-order valence-corrected chi connectivity index (χ2v) is 9.32. The molecule has 1 atom stereocenters. The summed E-state index contributed by atoms with van der Waals surface area (Å²) in [6.07, 6.45) is 2.19. The van der Waals surface area contributed by atoms with Crippen LogP contribution in [0.25, 0.3) is 10.9 Å². The minimum Gasteiger partial charge on any atom is -0.376 e. The molecule has 168 valence electrons. The van der Waals surface area contributed by atoms with Gasteiger partial charge in [-0.05, 0) is 87.5 Å². The molecule has 0 saturated carbocycles. The molecule has 0 aliphatic carbocycles. The number of pyridine rings is 1. The second kappa shape index (κ2) is 9.43. The lowest BCUT2D eigenvalue weighted by Gasteiger charge is -2.28. The maximum absolute atomic E-state index is 12.9. The number of nitrogens with zero attached hydrogens (tertiary/aromatic N) is 1. The molecule has 1 saturated heterocycles. The van der Waals surface area contributed by atoms with Gasteiger partial charge in [-0.15, -0.1) is 0 Å². The minimum absolute atomic E-state index is 0.0730. The van der Waals surface area contributed by atoms with Crippen LogP contribution >= 0.6 is 12.2 Å². The first kappa shape index (κ1) is 22.5. The van der Waals surface area contributed by atoms with Crippen LogP contribution < -0.4 is 10.9 Å². The Morgan fingerprint density at radius 2 is 1.91 bits per heavy atom. The smallest absolute Gasteiger partial charge is 0.253 e. The minimum atomic E-state index is -0.0730. The highest BCUT2D eigenvalue weighted by Crippen LogP contribution is 2.21. The third-order valence-electron chi connectivity index (χ3n) is 6.09. The molecule has 1 fully saturated rings. The number of thiocarbonyl (C=S) groups is 1. The van der Waals surface area contributed by atoms with Crippen LogP contribution in [-0.2, 0) is 11.3 Å². The molecule has 1 aliphatic heterocycles. The number of hydrogen-bond donors (Lipinski definition) is 2. The van der Waals surface area contributed by atoms with E-state index in [4.69, 9.17) is 17.0 Å². The predicted molar refractivity (Wildman–Crippen MR) is 136 cm³/mol. The lowest BCUT2D eigenvalue weighted by atomic mass is 10.1. The molecule has 0 spiro atoms. The van der Waals surface area contributed by atoms with Crippen molar-refractivity contribution in [3.8, 4) is 0 Å². The summed E-state index contributed by atoms with van der Waals surface area (Å²) in [6, 6.07) is 12.4. The van der Waals surface area contributed by atoms with Crippen LogP contribution in [0.4, 0.5) is 5.69 Å². The largest absolute Gasteiger partial charge is 0.376 e. The van der Waals surface area contributed by atoms with Gasteiger partial charge >= 0.3 is 0 Å². The van der Waals surface area contributed by atoms with Gasteiger partial charge in [0, 0.05) is 24.4 Å². The van der Waals surface area contributed by atoms with E-state index in [0.29, 0.717) is 23.8 Å². The fourth-order valence-corrected chi connectivity index (χ4v) is 4.71. The van der Waals surface area contributed by atoms with E-state index in [0.717, 1.165) is 47.2 Å². The molecule has 0 radical (unpaired) electrons. The Bertz CT molecular complexity index is 1210. The summed E-state index contributed by atoms with van der Waals surface area (Å²) >= 11 is 5.81. The summed E-state index contributed by atoms with van der Waals surface area (Å²) in [5.41, 5.74) is 7.11. The van der Waals surface area contributed by atoms with Crippen LogP contribution in [0, 0.1) is 27.7 Å². The average Bonchev–Trinajstić information content (AvgIpc) is 3.24. The number of anilines is 1. The molecule has 0 amide bonds. The van der Waals surface area contributed by atoms with E-state index < -0.39 is 0 Å². The fraction of sp³-hybridized carbons (Fsp3) is 0.385. The van der Waals surface area contributed by atoms with E-state index in [1.165, 1.54) is 11.1 Å². The van der Waals surface area contributed by atoms with Crippen LogP contribution in [0.2, 0.25) is 0 Å². The van der Waals surface area contributed by atoms with Crippen molar-refractivity contribution in [2.24, 2.45) is 0 Å². The summed E-state index contributed by atoms with van der Waals surface area (Å²) in [4.78, 5) is 18.1. The van der Waals surface area contributed by atoms with E-state index in [1.807, 2.05) is 13.0 Å². The van der Waals surface area contributed by atoms with Gasteiger partial charge in [-0.25, -0.2) is 0 Å². The standard InChI is InChI=1S/C26H31N3O2S/c1-16-7-8-23(18(3)10-16)27-26(32)29(15-22-6-5-9-31-22)14-21-13-20-12-17(2)11-19(4)24(20)28-25(21)30/h7-8,10-13,22H,5-6,9,14-15H2,1-4H3,(H,27,32)(H,28,30)/t22-/m1/s1. The molecule has 0 unspecified atom stereocenters. The third kappa shape index (κ3) is 5.03. The van der Waals surface area contributed by atoms with E-state index in [9.17, 15) is 4.79 Å².